The van der Waals surface area contributed by atoms with Gasteiger partial charge in [0.1, 0.15) is 4.90 Å². The molecule has 0 aromatic heterocycles. The van der Waals surface area contributed by atoms with Gasteiger partial charge in [-0.15, -0.1) is 0 Å². The van der Waals surface area contributed by atoms with Crippen LogP contribution in [0.4, 0.5) is 11.4 Å². The van der Waals surface area contributed by atoms with Crippen LogP contribution in [0.25, 0.3) is 0 Å². The van der Waals surface area contributed by atoms with Crippen LogP contribution in [0.2, 0.25) is 5.02 Å². The van der Waals surface area contributed by atoms with E-state index in [9.17, 15) is 13.5 Å². The Labute approximate surface area is 194 Å². The fourth-order valence-corrected chi connectivity index (χ4v) is 6.21. The third kappa shape index (κ3) is 4.90. The zero-order chi connectivity index (χ0) is 21.9. The molecule has 1 aliphatic heterocycles. The number of ether oxygens (including phenoxy) is 1. The number of anilines is 2. The SMILES string of the molecule is COC[C@@H]1CCCN1S(=O)(=O)c1c(Cl)ccc(NC(=S)Nc2ccccc2Br)c1O. The first-order chi connectivity index (χ1) is 14.3. The number of para-hydroxylation sites is 1. The Bertz CT molecular complexity index is 1050. The first-order valence-electron chi connectivity index (χ1n) is 9.10. The number of sulfonamides is 1. The highest BCUT2D eigenvalue weighted by atomic mass is 79.9. The van der Waals surface area contributed by atoms with E-state index in [0.29, 0.717) is 19.4 Å². The number of phenols is 1. The van der Waals surface area contributed by atoms with Crippen LogP contribution in [0.5, 0.6) is 5.75 Å². The molecule has 162 valence electrons. The summed E-state index contributed by atoms with van der Waals surface area (Å²) in [6.07, 6.45) is 1.40. The predicted molar refractivity (Wildman–Crippen MR) is 126 cm³/mol. The van der Waals surface area contributed by atoms with Crippen LogP contribution in [0.3, 0.4) is 0 Å². The number of methoxy groups -OCH3 is 1. The molecular weight excluding hydrogens is 514 g/mol. The molecule has 3 N–H and O–H groups in total. The summed E-state index contributed by atoms with van der Waals surface area (Å²) in [6, 6.07) is 9.96. The number of thiocarbonyl (C=S) groups is 1. The smallest absolute Gasteiger partial charge is 0.248 e. The van der Waals surface area contributed by atoms with E-state index in [-0.39, 0.29) is 33.4 Å². The van der Waals surface area contributed by atoms with Crippen LogP contribution in [-0.2, 0) is 14.8 Å². The van der Waals surface area contributed by atoms with Crippen molar-refractivity contribution in [1.29, 1.82) is 0 Å². The molecule has 0 amide bonds. The first kappa shape index (κ1) is 23.2. The largest absolute Gasteiger partial charge is 0.504 e. The molecule has 11 heteroatoms. The lowest BCUT2D eigenvalue weighted by Crippen LogP contribution is -2.38. The zero-order valence-electron chi connectivity index (χ0n) is 16.1. The fraction of sp³-hybridized carbons (Fsp3) is 0.316. The number of hydrogen-bond acceptors (Lipinski definition) is 5. The van der Waals surface area contributed by atoms with E-state index in [4.69, 9.17) is 28.6 Å². The van der Waals surface area contributed by atoms with Gasteiger partial charge in [0.05, 0.1) is 23.0 Å². The second-order valence-corrected chi connectivity index (χ2v) is 10.2. The standard InChI is InChI=1S/C19H21BrClN3O4S2/c1-28-11-12-5-4-10-24(12)30(26,27)18-14(21)8-9-16(17(18)25)23-19(29)22-15-7-3-2-6-13(15)20/h2-3,6-9,12,25H,4-5,10-11H2,1H3,(H2,22,23,29)/t12-/m0/s1. The maximum Gasteiger partial charge on any atom is 0.248 e. The number of nitrogens with zero attached hydrogens (tertiary/aromatic N) is 1. The molecular formula is C19H21BrClN3O4S2. The minimum Gasteiger partial charge on any atom is -0.504 e. The summed E-state index contributed by atoms with van der Waals surface area (Å²) in [6.45, 7) is 0.612. The van der Waals surface area contributed by atoms with Gasteiger partial charge >= 0.3 is 0 Å². The third-order valence-corrected chi connectivity index (χ3v) is 8.05. The average Bonchev–Trinajstić information content (AvgIpc) is 3.15. The normalized spacial score (nSPS) is 17.1. The van der Waals surface area contributed by atoms with E-state index < -0.39 is 15.8 Å². The van der Waals surface area contributed by atoms with Crippen LogP contribution < -0.4 is 10.6 Å². The van der Waals surface area contributed by atoms with Gasteiger partial charge in [0.2, 0.25) is 10.0 Å². The Hall–Kier alpha value is -1.43. The van der Waals surface area contributed by atoms with E-state index in [1.165, 1.54) is 23.5 Å². The molecule has 0 radical (unpaired) electrons. The summed E-state index contributed by atoms with van der Waals surface area (Å²) in [7, 11) is -2.51. The van der Waals surface area contributed by atoms with Crippen molar-refractivity contribution in [3.8, 4) is 5.75 Å². The van der Waals surface area contributed by atoms with Crippen LogP contribution >= 0.6 is 39.7 Å². The fourth-order valence-electron chi connectivity index (χ4n) is 3.33. The van der Waals surface area contributed by atoms with Gasteiger partial charge in [0.15, 0.2) is 10.9 Å². The highest BCUT2D eigenvalue weighted by molar-refractivity contribution is 9.10. The number of benzene rings is 2. The lowest BCUT2D eigenvalue weighted by molar-refractivity contribution is 0.149. The molecule has 1 atom stereocenters. The molecule has 7 nitrogen and oxygen atoms in total. The molecule has 2 aromatic rings. The van der Waals surface area contributed by atoms with E-state index in [0.717, 1.165) is 10.2 Å². The zero-order valence-corrected chi connectivity index (χ0v) is 20.0. The third-order valence-electron chi connectivity index (χ3n) is 4.70. The van der Waals surface area contributed by atoms with Crippen LogP contribution in [0.1, 0.15) is 12.8 Å². The number of phenolic OH excluding ortho intramolecular Hbond substituents is 1. The molecule has 0 aliphatic carbocycles. The monoisotopic (exact) mass is 533 g/mol. The van der Waals surface area contributed by atoms with Crippen molar-refractivity contribution in [2.24, 2.45) is 0 Å². The highest BCUT2D eigenvalue weighted by Gasteiger charge is 2.38. The van der Waals surface area contributed by atoms with Gasteiger partial charge in [-0.3, -0.25) is 0 Å². The molecule has 0 unspecified atom stereocenters. The van der Waals surface area contributed by atoms with Crippen molar-refractivity contribution in [3.05, 3.63) is 45.9 Å². The first-order valence-corrected chi connectivity index (χ1v) is 12.1. The molecule has 2 aromatic carbocycles. The quantitative estimate of drug-likeness (QED) is 0.373. The van der Waals surface area contributed by atoms with Crippen LogP contribution in [0.15, 0.2) is 45.8 Å². The summed E-state index contributed by atoms with van der Waals surface area (Å²) in [5.74, 6) is -0.484. The minimum absolute atomic E-state index is 0.0641. The molecule has 1 saturated heterocycles. The molecule has 1 heterocycles. The number of hydrogen-bond donors (Lipinski definition) is 3. The molecule has 0 saturated carbocycles. The van der Waals surface area contributed by atoms with E-state index in [1.54, 1.807) is 0 Å². The maximum atomic E-state index is 13.3. The van der Waals surface area contributed by atoms with Gasteiger partial charge in [0.25, 0.3) is 0 Å². The average molecular weight is 535 g/mol. The van der Waals surface area contributed by atoms with E-state index >= 15 is 0 Å². The maximum absolute atomic E-state index is 13.3. The minimum atomic E-state index is -4.04. The van der Waals surface area contributed by atoms with Gasteiger partial charge in [-0.2, -0.15) is 4.31 Å². The summed E-state index contributed by atoms with van der Waals surface area (Å²) in [4.78, 5) is -0.346. The highest BCUT2D eigenvalue weighted by Crippen LogP contribution is 2.40. The lowest BCUT2D eigenvalue weighted by atomic mass is 10.2. The molecule has 1 fully saturated rings. The Balaban J connectivity index is 1.88. The van der Waals surface area contributed by atoms with Gasteiger partial charge in [-0.25, -0.2) is 8.42 Å². The molecule has 30 heavy (non-hydrogen) atoms. The van der Waals surface area contributed by atoms with Gasteiger partial charge in [-0.1, -0.05) is 23.7 Å². The van der Waals surface area contributed by atoms with Crippen molar-refractivity contribution >= 4 is 66.3 Å². The summed E-state index contributed by atoms with van der Waals surface area (Å²) >= 11 is 14.9. The van der Waals surface area contributed by atoms with Crippen molar-refractivity contribution in [3.63, 3.8) is 0 Å². The summed E-state index contributed by atoms with van der Waals surface area (Å²) in [5.41, 5.74) is 0.848. The molecule has 0 spiro atoms. The Morgan fingerprint density at radius 2 is 2.00 bits per heavy atom. The predicted octanol–water partition coefficient (Wildman–Crippen LogP) is 4.42. The number of nitrogens with one attached hydrogen (secondary N) is 2. The van der Waals surface area contributed by atoms with E-state index in [2.05, 4.69) is 26.6 Å². The second-order valence-electron chi connectivity index (χ2n) is 6.70. The van der Waals surface area contributed by atoms with Gasteiger partial charge in [0, 0.05) is 24.2 Å². The second kappa shape index (κ2) is 9.80. The summed E-state index contributed by atoms with van der Waals surface area (Å²) < 4.78 is 33.8. The van der Waals surface area contributed by atoms with Crippen molar-refractivity contribution in [2.75, 3.05) is 30.9 Å². The van der Waals surface area contributed by atoms with Crippen molar-refractivity contribution in [1.82, 2.24) is 4.31 Å². The van der Waals surface area contributed by atoms with E-state index in [1.807, 2.05) is 24.3 Å². The number of aromatic hydroxyl groups is 1. The molecule has 1 aliphatic rings. The lowest BCUT2D eigenvalue weighted by Gasteiger charge is -2.25. The van der Waals surface area contributed by atoms with Gasteiger partial charge in [-0.05, 0) is 65.3 Å². The van der Waals surface area contributed by atoms with Crippen LogP contribution in [0, 0.1) is 0 Å². The Kier molecular flexibility index (Phi) is 7.59. The van der Waals surface area contributed by atoms with Crippen molar-refractivity contribution < 1.29 is 18.3 Å². The van der Waals surface area contributed by atoms with Crippen molar-refractivity contribution in [2.45, 2.75) is 23.8 Å². The number of halogens is 2. The van der Waals surface area contributed by atoms with Gasteiger partial charge < -0.3 is 20.5 Å². The topological polar surface area (TPSA) is 90.9 Å². The summed E-state index contributed by atoms with van der Waals surface area (Å²) in [5, 5.41) is 16.7. The van der Waals surface area contributed by atoms with Crippen LogP contribution in [-0.4, -0.2) is 49.2 Å². The Morgan fingerprint density at radius 3 is 2.70 bits per heavy atom. The number of rotatable bonds is 6. The Morgan fingerprint density at radius 1 is 1.30 bits per heavy atom. The molecule has 3 rings (SSSR count). The molecule has 0 bridgehead atoms.